The summed E-state index contributed by atoms with van der Waals surface area (Å²) in [6.45, 7) is 1.43. The number of hydrogen-bond donors (Lipinski definition) is 0. The molecule has 0 N–H and O–H groups in total. The maximum atomic E-state index is 11.9. The van der Waals surface area contributed by atoms with Crippen molar-refractivity contribution in [1.29, 1.82) is 0 Å². The Morgan fingerprint density at radius 2 is 1.95 bits per heavy atom. The maximum Gasteiger partial charge on any atom is 0.389 e. The molecule has 8 heteroatoms. The number of rotatable bonds is 5. The van der Waals surface area contributed by atoms with Crippen LogP contribution in [-0.4, -0.2) is 21.2 Å². The molecule has 0 aliphatic rings. The fourth-order valence-electron chi connectivity index (χ4n) is 1.38. The highest BCUT2D eigenvalue weighted by Crippen LogP contribution is 2.28. The molecule has 1 rings (SSSR count). The zero-order chi connectivity index (χ0) is 14.7. The second kappa shape index (κ2) is 6.00. The quantitative estimate of drug-likeness (QED) is 0.615. The summed E-state index contributed by atoms with van der Waals surface area (Å²) in [5.41, 5.74) is 0.655. The summed E-state index contributed by atoms with van der Waals surface area (Å²) < 4.78 is 63.4. The molecular formula is C11H12ClF3O3S. The molecule has 0 heterocycles. The van der Waals surface area contributed by atoms with Gasteiger partial charge in [-0.05, 0) is 31.0 Å². The molecule has 0 spiro atoms. The van der Waals surface area contributed by atoms with Crippen molar-refractivity contribution in [2.75, 3.05) is 6.61 Å². The van der Waals surface area contributed by atoms with Gasteiger partial charge in [0.15, 0.2) is 0 Å². The van der Waals surface area contributed by atoms with Gasteiger partial charge >= 0.3 is 6.18 Å². The predicted molar refractivity (Wildman–Crippen MR) is 65.0 cm³/mol. The summed E-state index contributed by atoms with van der Waals surface area (Å²) in [5.74, 6) is -0.0391. The fourth-order valence-corrected chi connectivity index (χ4v) is 2.44. The molecule has 3 nitrogen and oxygen atoms in total. The van der Waals surface area contributed by atoms with E-state index in [4.69, 9.17) is 15.4 Å². The Hall–Kier alpha value is -0.950. The second-order valence-electron chi connectivity index (χ2n) is 3.96. The number of alkyl halides is 3. The molecule has 0 saturated heterocycles. The van der Waals surface area contributed by atoms with Gasteiger partial charge in [-0.25, -0.2) is 8.42 Å². The van der Waals surface area contributed by atoms with E-state index in [0.29, 0.717) is 5.56 Å². The van der Waals surface area contributed by atoms with Crippen LogP contribution < -0.4 is 4.74 Å². The first-order chi connectivity index (χ1) is 8.59. The highest BCUT2D eigenvalue weighted by atomic mass is 35.7. The van der Waals surface area contributed by atoms with Crippen molar-refractivity contribution in [1.82, 2.24) is 0 Å². The largest absolute Gasteiger partial charge is 0.492 e. The standard InChI is InChI=1S/C11H12ClF3O3S/c1-8-3-4-9(10(7-8)19(12,16)17)18-6-2-5-11(13,14)15/h3-4,7H,2,5-6H2,1H3. The zero-order valence-electron chi connectivity index (χ0n) is 10.00. The van der Waals surface area contributed by atoms with Gasteiger partial charge in [0.1, 0.15) is 10.6 Å². The monoisotopic (exact) mass is 316 g/mol. The number of benzene rings is 1. The lowest BCUT2D eigenvalue weighted by Crippen LogP contribution is -2.10. The van der Waals surface area contributed by atoms with Gasteiger partial charge in [-0.1, -0.05) is 6.07 Å². The average Bonchev–Trinajstić information content (AvgIpc) is 2.23. The summed E-state index contributed by atoms with van der Waals surface area (Å²) in [6.07, 6.45) is -5.49. The summed E-state index contributed by atoms with van der Waals surface area (Å²) in [7, 11) is 1.24. The molecule has 0 unspecified atom stereocenters. The zero-order valence-corrected chi connectivity index (χ0v) is 11.6. The van der Waals surface area contributed by atoms with E-state index in [1.54, 1.807) is 13.0 Å². The van der Waals surface area contributed by atoms with Crippen molar-refractivity contribution in [3.05, 3.63) is 23.8 Å². The third-order valence-corrected chi connectivity index (χ3v) is 3.57. The average molecular weight is 317 g/mol. The second-order valence-corrected chi connectivity index (χ2v) is 6.49. The highest BCUT2D eigenvalue weighted by Gasteiger charge is 2.26. The van der Waals surface area contributed by atoms with Crippen LogP contribution in [0.5, 0.6) is 5.75 Å². The van der Waals surface area contributed by atoms with Crippen LogP contribution in [0.1, 0.15) is 18.4 Å². The summed E-state index contributed by atoms with van der Waals surface area (Å²) in [4.78, 5) is -0.235. The topological polar surface area (TPSA) is 43.4 Å². The highest BCUT2D eigenvalue weighted by molar-refractivity contribution is 8.13. The Bertz CT molecular complexity index is 541. The Balaban J connectivity index is 2.74. The van der Waals surface area contributed by atoms with Crippen LogP contribution in [0.15, 0.2) is 23.1 Å². The first-order valence-corrected chi connectivity index (χ1v) is 7.65. The van der Waals surface area contributed by atoms with E-state index in [2.05, 4.69) is 0 Å². The Labute approximate surface area is 113 Å². The number of ether oxygens (including phenoxy) is 1. The van der Waals surface area contributed by atoms with Gasteiger partial charge in [-0.2, -0.15) is 13.2 Å². The minimum Gasteiger partial charge on any atom is -0.492 e. The van der Waals surface area contributed by atoms with Crippen molar-refractivity contribution in [3.8, 4) is 5.75 Å². The third kappa shape index (κ3) is 5.69. The summed E-state index contributed by atoms with van der Waals surface area (Å²) in [5, 5.41) is 0. The molecule has 0 radical (unpaired) electrons. The molecular weight excluding hydrogens is 305 g/mol. The van der Waals surface area contributed by atoms with E-state index < -0.39 is 21.6 Å². The third-order valence-electron chi connectivity index (χ3n) is 2.22. The van der Waals surface area contributed by atoms with E-state index in [9.17, 15) is 21.6 Å². The van der Waals surface area contributed by atoms with Crippen molar-refractivity contribution in [2.24, 2.45) is 0 Å². The maximum absolute atomic E-state index is 11.9. The van der Waals surface area contributed by atoms with Gasteiger partial charge in [0.25, 0.3) is 9.05 Å². The van der Waals surface area contributed by atoms with E-state index >= 15 is 0 Å². The smallest absolute Gasteiger partial charge is 0.389 e. The lowest BCUT2D eigenvalue weighted by molar-refractivity contribution is -0.136. The van der Waals surface area contributed by atoms with Crippen LogP contribution in [0.3, 0.4) is 0 Å². The predicted octanol–water partition coefficient (Wildman–Crippen LogP) is 3.64. The lowest BCUT2D eigenvalue weighted by Gasteiger charge is -2.11. The molecule has 0 aliphatic carbocycles. The summed E-state index contributed by atoms with van der Waals surface area (Å²) >= 11 is 0. The molecule has 0 aromatic heterocycles. The van der Waals surface area contributed by atoms with Crippen LogP contribution >= 0.6 is 10.7 Å². The molecule has 0 saturated carbocycles. The van der Waals surface area contributed by atoms with Crippen LogP contribution in [0, 0.1) is 6.92 Å². The van der Waals surface area contributed by atoms with E-state index in [1.807, 2.05) is 0 Å². The molecule has 0 fully saturated rings. The molecule has 0 atom stereocenters. The minimum absolute atomic E-state index is 0.0391. The fraction of sp³-hybridized carbons (Fsp3) is 0.455. The van der Waals surface area contributed by atoms with Gasteiger partial charge in [0.2, 0.25) is 0 Å². The Morgan fingerprint density at radius 3 is 2.47 bits per heavy atom. The van der Waals surface area contributed by atoms with Crippen molar-refractivity contribution >= 4 is 19.7 Å². The number of hydrogen-bond acceptors (Lipinski definition) is 3. The molecule has 0 bridgehead atoms. The van der Waals surface area contributed by atoms with Crippen molar-refractivity contribution in [3.63, 3.8) is 0 Å². The van der Waals surface area contributed by atoms with Gasteiger partial charge in [-0.3, -0.25) is 0 Å². The number of halogens is 4. The molecule has 108 valence electrons. The van der Waals surface area contributed by atoms with Crippen LogP contribution in [-0.2, 0) is 9.05 Å². The van der Waals surface area contributed by atoms with Crippen molar-refractivity contribution < 1.29 is 26.3 Å². The molecule has 19 heavy (non-hydrogen) atoms. The van der Waals surface area contributed by atoms with Gasteiger partial charge < -0.3 is 4.74 Å². The Kier molecular flexibility index (Phi) is 5.09. The first kappa shape index (κ1) is 16.1. The summed E-state index contributed by atoms with van der Waals surface area (Å²) in [6, 6.07) is 4.27. The van der Waals surface area contributed by atoms with Crippen LogP contribution in [0.4, 0.5) is 13.2 Å². The van der Waals surface area contributed by atoms with E-state index in [0.717, 1.165) is 0 Å². The first-order valence-electron chi connectivity index (χ1n) is 5.34. The van der Waals surface area contributed by atoms with Crippen LogP contribution in [0.2, 0.25) is 0 Å². The minimum atomic E-state index is -4.25. The molecule has 0 aliphatic heterocycles. The molecule has 1 aromatic carbocycles. The SMILES string of the molecule is Cc1ccc(OCCCC(F)(F)F)c(S(=O)(=O)Cl)c1. The lowest BCUT2D eigenvalue weighted by atomic mass is 10.2. The Morgan fingerprint density at radius 1 is 1.32 bits per heavy atom. The molecule has 1 aromatic rings. The van der Waals surface area contributed by atoms with Gasteiger partial charge in [0, 0.05) is 17.1 Å². The van der Waals surface area contributed by atoms with E-state index in [1.165, 1.54) is 12.1 Å². The van der Waals surface area contributed by atoms with Gasteiger partial charge in [0.05, 0.1) is 6.61 Å². The van der Waals surface area contributed by atoms with Gasteiger partial charge in [-0.15, -0.1) is 0 Å². The van der Waals surface area contributed by atoms with Crippen LogP contribution in [0.25, 0.3) is 0 Å². The normalized spacial score (nSPS) is 12.5. The number of aryl methyl sites for hydroxylation is 1. The van der Waals surface area contributed by atoms with E-state index in [-0.39, 0.29) is 23.7 Å². The molecule has 0 amide bonds. The van der Waals surface area contributed by atoms with Crippen molar-refractivity contribution in [2.45, 2.75) is 30.8 Å².